The predicted octanol–water partition coefficient (Wildman–Crippen LogP) is 1.93. The van der Waals surface area contributed by atoms with Gasteiger partial charge in [-0.05, 0) is 18.6 Å². The van der Waals surface area contributed by atoms with Crippen molar-refractivity contribution in [2.45, 2.75) is 26.3 Å². The molecule has 0 aliphatic heterocycles. The second-order valence-electron chi connectivity index (χ2n) is 3.77. The van der Waals surface area contributed by atoms with Gasteiger partial charge >= 0.3 is 0 Å². The van der Waals surface area contributed by atoms with Gasteiger partial charge in [-0.25, -0.2) is 4.98 Å². The molecule has 2 N–H and O–H groups in total. The van der Waals surface area contributed by atoms with Crippen LogP contribution in [-0.2, 0) is 13.0 Å². The lowest BCUT2D eigenvalue weighted by molar-refractivity contribution is 0.517. The lowest BCUT2D eigenvalue weighted by Crippen LogP contribution is -2.13. The van der Waals surface area contributed by atoms with Crippen molar-refractivity contribution in [1.82, 2.24) is 9.97 Å². The van der Waals surface area contributed by atoms with Gasteiger partial charge in [0.15, 0.2) is 0 Å². The lowest BCUT2D eigenvalue weighted by Gasteiger charge is -2.04. The zero-order valence-electron chi connectivity index (χ0n) is 9.69. The minimum Gasteiger partial charge on any atom is -0.467 e. The minimum absolute atomic E-state index is 0.134. The van der Waals surface area contributed by atoms with E-state index in [1.165, 1.54) is 6.07 Å². The highest BCUT2D eigenvalue weighted by atomic mass is 16.3. The molecule has 0 bridgehead atoms. The molecule has 2 heterocycles. The van der Waals surface area contributed by atoms with E-state index in [2.05, 4.69) is 22.2 Å². The van der Waals surface area contributed by atoms with Gasteiger partial charge in [0.05, 0.1) is 12.8 Å². The van der Waals surface area contributed by atoms with Gasteiger partial charge < -0.3 is 9.73 Å². The van der Waals surface area contributed by atoms with Gasteiger partial charge in [-0.3, -0.25) is 9.78 Å². The summed E-state index contributed by atoms with van der Waals surface area (Å²) in [5.41, 5.74) is 0.670. The van der Waals surface area contributed by atoms with E-state index in [1.807, 2.05) is 12.1 Å². The van der Waals surface area contributed by atoms with E-state index < -0.39 is 0 Å². The van der Waals surface area contributed by atoms with Crippen LogP contribution in [0.3, 0.4) is 0 Å². The quantitative estimate of drug-likeness (QED) is 0.827. The highest BCUT2D eigenvalue weighted by molar-refractivity contribution is 5.26. The Labute approximate surface area is 98.9 Å². The number of hydrogen-bond acceptors (Lipinski definition) is 4. The van der Waals surface area contributed by atoms with Crippen LogP contribution in [0.2, 0.25) is 0 Å². The minimum atomic E-state index is -0.134. The molecule has 0 amide bonds. The third kappa shape index (κ3) is 3.21. The molecule has 0 unspecified atom stereocenters. The molecule has 0 atom stereocenters. The fourth-order valence-corrected chi connectivity index (χ4v) is 1.56. The molecule has 2 rings (SSSR count). The van der Waals surface area contributed by atoms with Crippen LogP contribution in [0.25, 0.3) is 0 Å². The fourth-order valence-electron chi connectivity index (χ4n) is 1.56. The smallest absolute Gasteiger partial charge is 0.252 e. The van der Waals surface area contributed by atoms with Crippen LogP contribution in [0.4, 0.5) is 5.95 Å². The van der Waals surface area contributed by atoms with Crippen LogP contribution in [0.5, 0.6) is 0 Å². The maximum atomic E-state index is 11.4. The van der Waals surface area contributed by atoms with Gasteiger partial charge in [0.2, 0.25) is 5.95 Å². The Morgan fingerprint density at radius 1 is 1.53 bits per heavy atom. The first-order valence-electron chi connectivity index (χ1n) is 5.64. The zero-order chi connectivity index (χ0) is 12.1. The molecule has 2 aromatic heterocycles. The summed E-state index contributed by atoms with van der Waals surface area (Å²) in [6, 6.07) is 5.21. The summed E-state index contributed by atoms with van der Waals surface area (Å²) in [7, 11) is 0. The van der Waals surface area contributed by atoms with Crippen LogP contribution in [0.1, 0.15) is 24.8 Å². The van der Waals surface area contributed by atoms with E-state index in [0.717, 1.165) is 24.3 Å². The Morgan fingerprint density at radius 3 is 3.12 bits per heavy atom. The summed E-state index contributed by atoms with van der Waals surface area (Å²) in [5, 5.41) is 3.03. The number of furan rings is 1. The van der Waals surface area contributed by atoms with Crippen molar-refractivity contribution < 1.29 is 4.42 Å². The van der Waals surface area contributed by atoms with Gasteiger partial charge in [0.25, 0.3) is 5.56 Å². The molecule has 2 aromatic rings. The summed E-state index contributed by atoms with van der Waals surface area (Å²) in [6.07, 6.45) is 3.38. The lowest BCUT2D eigenvalue weighted by atomic mass is 10.2. The molecule has 0 aliphatic rings. The normalized spacial score (nSPS) is 10.4. The highest BCUT2D eigenvalue weighted by Crippen LogP contribution is 2.04. The van der Waals surface area contributed by atoms with Crippen molar-refractivity contribution in [3.8, 4) is 0 Å². The van der Waals surface area contributed by atoms with Crippen LogP contribution in [-0.4, -0.2) is 9.97 Å². The number of aromatic amines is 1. The monoisotopic (exact) mass is 233 g/mol. The Morgan fingerprint density at radius 2 is 2.41 bits per heavy atom. The fraction of sp³-hybridized carbons (Fsp3) is 0.333. The van der Waals surface area contributed by atoms with Gasteiger partial charge in [0.1, 0.15) is 5.76 Å². The Hall–Kier alpha value is -2.04. The molecule has 90 valence electrons. The predicted molar refractivity (Wildman–Crippen MR) is 64.9 cm³/mol. The van der Waals surface area contributed by atoms with E-state index in [9.17, 15) is 4.79 Å². The molecule has 0 saturated carbocycles. The van der Waals surface area contributed by atoms with Crippen molar-refractivity contribution in [3.63, 3.8) is 0 Å². The van der Waals surface area contributed by atoms with Crippen molar-refractivity contribution in [3.05, 3.63) is 46.3 Å². The van der Waals surface area contributed by atoms with Gasteiger partial charge in [-0.1, -0.05) is 13.3 Å². The number of nitrogens with zero attached hydrogens (tertiary/aromatic N) is 1. The second-order valence-corrected chi connectivity index (χ2v) is 3.77. The van der Waals surface area contributed by atoms with Crippen molar-refractivity contribution in [1.29, 1.82) is 0 Å². The number of aromatic nitrogens is 2. The standard InChI is InChI=1S/C12H15N3O2/c1-2-4-9-7-11(16)15-12(14-9)13-8-10-5-3-6-17-10/h3,5-7H,2,4,8H2,1H3,(H2,13,14,15,16). The average Bonchev–Trinajstić information content (AvgIpc) is 2.79. The summed E-state index contributed by atoms with van der Waals surface area (Å²) < 4.78 is 5.18. The van der Waals surface area contributed by atoms with Crippen LogP contribution >= 0.6 is 0 Å². The Balaban J connectivity index is 2.07. The largest absolute Gasteiger partial charge is 0.467 e. The maximum Gasteiger partial charge on any atom is 0.252 e. The van der Waals surface area contributed by atoms with E-state index in [0.29, 0.717) is 12.5 Å². The van der Waals surface area contributed by atoms with Crippen molar-refractivity contribution in [2.24, 2.45) is 0 Å². The summed E-state index contributed by atoms with van der Waals surface area (Å²) in [4.78, 5) is 18.4. The molecular weight excluding hydrogens is 218 g/mol. The molecule has 0 saturated heterocycles. The molecule has 0 spiro atoms. The first-order valence-corrected chi connectivity index (χ1v) is 5.64. The number of anilines is 1. The average molecular weight is 233 g/mol. The summed E-state index contributed by atoms with van der Waals surface area (Å²) in [6.45, 7) is 2.56. The van der Waals surface area contributed by atoms with Crippen molar-refractivity contribution >= 4 is 5.95 Å². The molecule has 5 heteroatoms. The van der Waals surface area contributed by atoms with Crippen molar-refractivity contribution in [2.75, 3.05) is 5.32 Å². The van der Waals surface area contributed by atoms with Gasteiger partial charge in [-0.15, -0.1) is 0 Å². The van der Waals surface area contributed by atoms with E-state index >= 15 is 0 Å². The van der Waals surface area contributed by atoms with Crippen LogP contribution in [0.15, 0.2) is 33.7 Å². The number of aryl methyl sites for hydroxylation is 1. The molecular formula is C12H15N3O2. The molecule has 0 aliphatic carbocycles. The SMILES string of the molecule is CCCc1cc(=O)[nH]c(NCc2ccco2)n1. The maximum absolute atomic E-state index is 11.4. The second kappa shape index (κ2) is 5.34. The first kappa shape index (κ1) is 11.4. The first-order chi connectivity index (χ1) is 8.28. The van der Waals surface area contributed by atoms with E-state index in [-0.39, 0.29) is 5.56 Å². The van der Waals surface area contributed by atoms with E-state index in [4.69, 9.17) is 4.42 Å². The Kier molecular flexibility index (Phi) is 3.59. The molecule has 0 radical (unpaired) electrons. The highest BCUT2D eigenvalue weighted by Gasteiger charge is 2.01. The van der Waals surface area contributed by atoms with E-state index in [1.54, 1.807) is 6.26 Å². The third-order valence-corrected chi connectivity index (χ3v) is 2.31. The molecule has 0 aromatic carbocycles. The number of rotatable bonds is 5. The van der Waals surface area contributed by atoms with Crippen LogP contribution in [0, 0.1) is 0 Å². The van der Waals surface area contributed by atoms with Crippen LogP contribution < -0.4 is 10.9 Å². The number of hydrogen-bond donors (Lipinski definition) is 2. The number of H-pyrrole nitrogens is 1. The Bertz CT molecular complexity index is 517. The molecule has 17 heavy (non-hydrogen) atoms. The zero-order valence-corrected chi connectivity index (χ0v) is 9.69. The molecule has 5 nitrogen and oxygen atoms in total. The topological polar surface area (TPSA) is 70.9 Å². The van der Waals surface area contributed by atoms with Gasteiger partial charge in [0, 0.05) is 11.8 Å². The summed E-state index contributed by atoms with van der Waals surface area (Å²) >= 11 is 0. The third-order valence-electron chi connectivity index (χ3n) is 2.31. The number of nitrogens with one attached hydrogen (secondary N) is 2. The van der Waals surface area contributed by atoms with Gasteiger partial charge in [-0.2, -0.15) is 0 Å². The summed E-state index contributed by atoms with van der Waals surface area (Å²) in [5.74, 6) is 1.28. The molecule has 0 fully saturated rings.